The lowest BCUT2D eigenvalue weighted by molar-refractivity contribution is 1.04. The number of imidazole rings is 1. The summed E-state index contributed by atoms with van der Waals surface area (Å²) in [5, 5.41) is 0. The number of fused-ring (bicyclic) bond motifs is 1. The number of aromatic nitrogens is 3. The van der Waals surface area contributed by atoms with Crippen molar-refractivity contribution in [3.8, 4) is 11.3 Å². The monoisotopic (exact) mass is 240 g/mol. The van der Waals surface area contributed by atoms with Crippen molar-refractivity contribution in [2.75, 3.05) is 0 Å². The standard InChI is InChI=1S/C14H16N4/c1-8-11(7-15)6-13(16-8)10-3-4-12-14(5-10)18-9(2)17-12/h3-6,16H,7,15H2,1-2H3,(H,17,18). The van der Waals surface area contributed by atoms with Crippen molar-refractivity contribution in [3.63, 3.8) is 0 Å². The van der Waals surface area contributed by atoms with Crippen molar-refractivity contribution < 1.29 is 0 Å². The Morgan fingerprint density at radius 1 is 1.17 bits per heavy atom. The first-order valence-corrected chi connectivity index (χ1v) is 6.02. The van der Waals surface area contributed by atoms with Gasteiger partial charge in [-0.2, -0.15) is 0 Å². The zero-order valence-electron chi connectivity index (χ0n) is 10.5. The van der Waals surface area contributed by atoms with E-state index in [9.17, 15) is 0 Å². The molecule has 4 N–H and O–H groups in total. The van der Waals surface area contributed by atoms with Crippen LogP contribution in [0, 0.1) is 13.8 Å². The van der Waals surface area contributed by atoms with E-state index in [0.717, 1.165) is 39.4 Å². The molecule has 1 aromatic carbocycles. The molecule has 0 amide bonds. The highest BCUT2D eigenvalue weighted by Crippen LogP contribution is 2.24. The topological polar surface area (TPSA) is 70.5 Å². The summed E-state index contributed by atoms with van der Waals surface area (Å²) in [5.74, 6) is 0.937. The Hall–Kier alpha value is -2.07. The third-order valence-electron chi connectivity index (χ3n) is 3.25. The minimum absolute atomic E-state index is 0.563. The molecule has 0 aliphatic carbocycles. The van der Waals surface area contributed by atoms with Gasteiger partial charge in [-0.15, -0.1) is 0 Å². The average molecular weight is 240 g/mol. The first-order valence-electron chi connectivity index (χ1n) is 6.02. The van der Waals surface area contributed by atoms with E-state index in [1.165, 1.54) is 0 Å². The first kappa shape index (κ1) is 11.0. The Morgan fingerprint density at radius 2 is 2.00 bits per heavy atom. The van der Waals surface area contributed by atoms with E-state index < -0.39 is 0 Å². The van der Waals surface area contributed by atoms with E-state index in [-0.39, 0.29) is 0 Å². The van der Waals surface area contributed by atoms with Crippen LogP contribution < -0.4 is 5.73 Å². The molecule has 0 bridgehead atoms. The van der Waals surface area contributed by atoms with Gasteiger partial charge in [0, 0.05) is 23.5 Å². The Balaban J connectivity index is 2.12. The molecule has 0 aliphatic rings. The van der Waals surface area contributed by atoms with Crippen LogP contribution in [0.3, 0.4) is 0 Å². The van der Waals surface area contributed by atoms with Gasteiger partial charge in [-0.3, -0.25) is 0 Å². The highest BCUT2D eigenvalue weighted by atomic mass is 14.9. The number of hydrogen-bond acceptors (Lipinski definition) is 2. The van der Waals surface area contributed by atoms with Crippen molar-refractivity contribution in [3.05, 3.63) is 41.3 Å². The van der Waals surface area contributed by atoms with Crippen molar-refractivity contribution >= 4 is 11.0 Å². The van der Waals surface area contributed by atoms with Crippen LogP contribution in [0.2, 0.25) is 0 Å². The SMILES string of the molecule is Cc1nc2ccc(-c3cc(CN)c(C)[nH]3)cc2[nH]1. The number of H-pyrrole nitrogens is 2. The molecule has 4 heteroatoms. The minimum Gasteiger partial charge on any atom is -0.358 e. The normalized spacial score (nSPS) is 11.3. The predicted octanol–water partition coefficient (Wildman–Crippen LogP) is 2.63. The second-order valence-corrected chi connectivity index (χ2v) is 4.59. The van der Waals surface area contributed by atoms with E-state index in [1.807, 2.05) is 19.9 Å². The van der Waals surface area contributed by atoms with Gasteiger partial charge < -0.3 is 15.7 Å². The fourth-order valence-corrected chi connectivity index (χ4v) is 2.27. The molecule has 2 heterocycles. The van der Waals surface area contributed by atoms with E-state index in [4.69, 9.17) is 5.73 Å². The number of nitrogens with zero attached hydrogens (tertiary/aromatic N) is 1. The third kappa shape index (κ3) is 1.71. The summed E-state index contributed by atoms with van der Waals surface area (Å²) in [7, 11) is 0. The number of benzene rings is 1. The van der Waals surface area contributed by atoms with Crippen molar-refractivity contribution in [2.45, 2.75) is 20.4 Å². The number of aromatic amines is 2. The highest BCUT2D eigenvalue weighted by molar-refractivity contribution is 5.81. The molecule has 0 fully saturated rings. The van der Waals surface area contributed by atoms with E-state index >= 15 is 0 Å². The van der Waals surface area contributed by atoms with Gasteiger partial charge in [0.15, 0.2) is 0 Å². The maximum atomic E-state index is 5.70. The number of nitrogens with two attached hydrogens (primary N) is 1. The van der Waals surface area contributed by atoms with Crippen LogP contribution >= 0.6 is 0 Å². The summed E-state index contributed by atoms with van der Waals surface area (Å²) in [6.45, 7) is 4.57. The maximum Gasteiger partial charge on any atom is 0.104 e. The van der Waals surface area contributed by atoms with Gasteiger partial charge >= 0.3 is 0 Å². The molecule has 18 heavy (non-hydrogen) atoms. The first-order chi connectivity index (χ1) is 8.67. The van der Waals surface area contributed by atoms with Crippen LogP contribution in [0.25, 0.3) is 22.3 Å². The van der Waals surface area contributed by atoms with Crippen LogP contribution in [0.4, 0.5) is 0 Å². The van der Waals surface area contributed by atoms with Crippen molar-refractivity contribution in [1.82, 2.24) is 15.0 Å². The average Bonchev–Trinajstić information content (AvgIpc) is 2.89. The Morgan fingerprint density at radius 3 is 2.72 bits per heavy atom. The molecule has 0 aliphatic heterocycles. The van der Waals surface area contributed by atoms with Gasteiger partial charge in [-0.1, -0.05) is 6.07 Å². The molecule has 92 valence electrons. The van der Waals surface area contributed by atoms with Gasteiger partial charge in [0.05, 0.1) is 11.0 Å². The Bertz CT molecular complexity index is 706. The Labute approximate surface area is 105 Å². The Kier molecular flexibility index (Phi) is 2.45. The van der Waals surface area contributed by atoms with Gasteiger partial charge in [0.25, 0.3) is 0 Å². The molecule has 2 aromatic heterocycles. The summed E-state index contributed by atoms with van der Waals surface area (Å²) in [4.78, 5) is 11.0. The number of aryl methyl sites for hydroxylation is 2. The van der Waals surface area contributed by atoms with Crippen molar-refractivity contribution in [2.24, 2.45) is 5.73 Å². The molecule has 0 unspecified atom stereocenters. The summed E-state index contributed by atoms with van der Waals surface area (Å²) < 4.78 is 0. The molecule has 4 nitrogen and oxygen atoms in total. The third-order valence-corrected chi connectivity index (χ3v) is 3.25. The lowest BCUT2D eigenvalue weighted by atomic mass is 10.1. The number of nitrogens with one attached hydrogen (secondary N) is 2. The molecule has 0 atom stereocenters. The second-order valence-electron chi connectivity index (χ2n) is 4.59. The van der Waals surface area contributed by atoms with Gasteiger partial charge in [0.2, 0.25) is 0 Å². The summed E-state index contributed by atoms with van der Waals surface area (Å²) >= 11 is 0. The zero-order valence-corrected chi connectivity index (χ0v) is 10.5. The maximum absolute atomic E-state index is 5.70. The van der Waals surface area contributed by atoms with Crippen LogP contribution in [0.15, 0.2) is 24.3 Å². The van der Waals surface area contributed by atoms with Gasteiger partial charge in [0.1, 0.15) is 5.82 Å². The van der Waals surface area contributed by atoms with E-state index in [0.29, 0.717) is 6.54 Å². The van der Waals surface area contributed by atoms with Crippen LogP contribution in [-0.2, 0) is 6.54 Å². The lowest BCUT2D eigenvalue weighted by Gasteiger charge is -1.97. The largest absolute Gasteiger partial charge is 0.358 e. The number of rotatable bonds is 2. The molecule has 0 saturated heterocycles. The van der Waals surface area contributed by atoms with Crippen LogP contribution in [-0.4, -0.2) is 15.0 Å². The van der Waals surface area contributed by atoms with Crippen molar-refractivity contribution in [1.29, 1.82) is 0 Å². The van der Waals surface area contributed by atoms with Crippen LogP contribution in [0.1, 0.15) is 17.1 Å². The fourth-order valence-electron chi connectivity index (χ4n) is 2.27. The summed E-state index contributed by atoms with van der Waals surface area (Å²) in [6, 6.07) is 8.33. The van der Waals surface area contributed by atoms with Gasteiger partial charge in [-0.05, 0) is 37.6 Å². The summed E-state index contributed by atoms with van der Waals surface area (Å²) in [6.07, 6.45) is 0. The molecule has 0 spiro atoms. The fraction of sp³-hybridized carbons (Fsp3) is 0.214. The molecule has 3 aromatic rings. The highest BCUT2D eigenvalue weighted by Gasteiger charge is 2.07. The summed E-state index contributed by atoms with van der Waals surface area (Å²) in [5.41, 5.74) is 12.3. The van der Waals surface area contributed by atoms with E-state index in [2.05, 4.69) is 33.2 Å². The molecular weight excluding hydrogens is 224 g/mol. The van der Waals surface area contributed by atoms with Gasteiger partial charge in [-0.25, -0.2) is 4.98 Å². The molecule has 0 saturated carbocycles. The number of hydrogen-bond donors (Lipinski definition) is 3. The molecule has 0 radical (unpaired) electrons. The smallest absolute Gasteiger partial charge is 0.104 e. The quantitative estimate of drug-likeness (QED) is 0.644. The molecular formula is C14H16N4. The predicted molar refractivity (Wildman–Crippen MR) is 73.2 cm³/mol. The zero-order chi connectivity index (χ0) is 12.7. The lowest BCUT2D eigenvalue weighted by Crippen LogP contribution is -1.95. The van der Waals surface area contributed by atoms with E-state index in [1.54, 1.807) is 0 Å². The second kappa shape index (κ2) is 3.99. The van der Waals surface area contributed by atoms with Crippen LogP contribution in [0.5, 0.6) is 0 Å². The molecule has 3 rings (SSSR count). The minimum atomic E-state index is 0.563.